The zero-order chi connectivity index (χ0) is 9.56. The van der Waals surface area contributed by atoms with Gasteiger partial charge in [-0.1, -0.05) is 49.5 Å². The Morgan fingerprint density at radius 2 is 1.92 bits per heavy atom. The molecular weight excluding hydrogens is 144 g/mol. The molecule has 0 spiro atoms. The summed E-state index contributed by atoms with van der Waals surface area (Å²) in [5.41, 5.74) is 3.62. The van der Waals surface area contributed by atoms with Crippen LogP contribution in [0.1, 0.15) is 27.2 Å². The van der Waals surface area contributed by atoms with Gasteiger partial charge in [0.1, 0.15) is 0 Å². The van der Waals surface area contributed by atoms with Gasteiger partial charge in [0, 0.05) is 0 Å². The highest BCUT2D eigenvalue weighted by atomic mass is 14.0. The summed E-state index contributed by atoms with van der Waals surface area (Å²) in [7, 11) is 0. The van der Waals surface area contributed by atoms with Crippen LogP contribution in [-0.4, -0.2) is 0 Å². The molecule has 0 nitrogen and oxygen atoms in total. The van der Waals surface area contributed by atoms with Crippen molar-refractivity contribution in [3.63, 3.8) is 0 Å². The number of hydrogen-bond acceptors (Lipinski definition) is 0. The minimum absolute atomic E-state index is 1.09. The van der Waals surface area contributed by atoms with E-state index in [0.29, 0.717) is 0 Å². The van der Waals surface area contributed by atoms with Gasteiger partial charge in [0.2, 0.25) is 0 Å². The third kappa shape index (κ3) is 3.97. The minimum Gasteiger partial charge on any atom is -0.0990 e. The predicted molar refractivity (Wildman–Crippen MR) is 57.1 cm³/mol. The lowest BCUT2D eigenvalue weighted by Gasteiger charge is -2.01. The van der Waals surface area contributed by atoms with Gasteiger partial charge >= 0.3 is 0 Å². The smallest absolute Gasteiger partial charge is 0.0234 e. The number of rotatable bonds is 4. The monoisotopic (exact) mass is 162 g/mol. The van der Waals surface area contributed by atoms with Crippen molar-refractivity contribution < 1.29 is 0 Å². The van der Waals surface area contributed by atoms with E-state index >= 15 is 0 Å². The highest BCUT2D eigenvalue weighted by Crippen LogP contribution is 2.12. The quantitative estimate of drug-likeness (QED) is 0.547. The summed E-state index contributed by atoms with van der Waals surface area (Å²) in [4.78, 5) is 0. The van der Waals surface area contributed by atoms with Crippen molar-refractivity contribution in [2.45, 2.75) is 27.2 Å². The normalized spacial score (nSPS) is 12.9. The Kier molecular flexibility index (Phi) is 5.11. The summed E-state index contributed by atoms with van der Waals surface area (Å²) in [5.74, 6) is 0. The molecule has 0 aliphatic rings. The van der Waals surface area contributed by atoms with Crippen molar-refractivity contribution in [3.8, 4) is 0 Å². The Bertz CT molecular complexity index is 226. The first-order valence-corrected chi connectivity index (χ1v) is 4.27. The van der Waals surface area contributed by atoms with Crippen LogP contribution in [0.15, 0.2) is 48.1 Å². The van der Waals surface area contributed by atoms with Gasteiger partial charge in [0.15, 0.2) is 0 Å². The van der Waals surface area contributed by atoms with Crippen molar-refractivity contribution in [1.29, 1.82) is 0 Å². The second-order valence-corrected chi connectivity index (χ2v) is 2.98. The Hall–Kier alpha value is -1.04. The van der Waals surface area contributed by atoms with Crippen molar-refractivity contribution in [2.24, 2.45) is 0 Å². The topological polar surface area (TPSA) is 0 Å². The first kappa shape index (κ1) is 11.0. The molecule has 0 bridgehead atoms. The van der Waals surface area contributed by atoms with E-state index in [1.54, 1.807) is 6.08 Å². The third-order valence-corrected chi connectivity index (χ3v) is 1.75. The fourth-order valence-electron chi connectivity index (χ4n) is 0.808. The molecule has 0 N–H and O–H groups in total. The summed E-state index contributed by atoms with van der Waals surface area (Å²) < 4.78 is 0. The zero-order valence-corrected chi connectivity index (χ0v) is 8.35. The van der Waals surface area contributed by atoms with Gasteiger partial charge in [-0.25, -0.2) is 0 Å². The molecule has 0 amide bonds. The molecule has 0 heterocycles. The first-order chi connectivity index (χ1) is 5.61. The summed E-state index contributed by atoms with van der Waals surface area (Å²) in [6, 6.07) is 0. The Morgan fingerprint density at radius 1 is 1.33 bits per heavy atom. The molecule has 66 valence electrons. The number of allylic oxidation sites excluding steroid dienone is 6. The van der Waals surface area contributed by atoms with E-state index in [0.717, 1.165) is 12.0 Å². The van der Waals surface area contributed by atoms with E-state index in [1.807, 2.05) is 13.0 Å². The van der Waals surface area contributed by atoms with E-state index in [-0.39, 0.29) is 0 Å². The standard InChI is InChI=1S/C12H18/c1-6-8-12(10(3)4)9-11(5)7-2/h6,8-9H,1,3,7H2,2,4-5H3. The fourth-order valence-corrected chi connectivity index (χ4v) is 0.808. The summed E-state index contributed by atoms with van der Waals surface area (Å²) in [6.07, 6.45) is 7.02. The highest BCUT2D eigenvalue weighted by molar-refractivity contribution is 5.40. The van der Waals surface area contributed by atoms with Gasteiger partial charge in [0.05, 0.1) is 0 Å². The second kappa shape index (κ2) is 5.59. The maximum atomic E-state index is 3.90. The average molecular weight is 162 g/mol. The van der Waals surface area contributed by atoms with Gasteiger partial charge in [0.25, 0.3) is 0 Å². The molecule has 12 heavy (non-hydrogen) atoms. The molecule has 0 fully saturated rings. The molecule has 0 aromatic carbocycles. The molecular formula is C12H18. The third-order valence-electron chi connectivity index (χ3n) is 1.75. The van der Waals surface area contributed by atoms with Crippen LogP contribution in [0.2, 0.25) is 0 Å². The highest BCUT2D eigenvalue weighted by Gasteiger charge is 1.92. The SMILES string of the molecule is C=CC=C(C=C(C)CC)C(=C)C. The van der Waals surface area contributed by atoms with Gasteiger partial charge in [-0.05, 0) is 25.8 Å². The summed E-state index contributed by atoms with van der Waals surface area (Å²) in [5, 5.41) is 0. The van der Waals surface area contributed by atoms with Crippen molar-refractivity contribution in [2.75, 3.05) is 0 Å². The lowest BCUT2D eigenvalue weighted by Crippen LogP contribution is -1.81. The maximum absolute atomic E-state index is 3.90. The largest absolute Gasteiger partial charge is 0.0990 e. The molecule has 0 saturated carbocycles. The van der Waals surface area contributed by atoms with Gasteiger partial charge in [-0.2, -0.15) is 0 Å². The maximum Gasteiger partial charge on any atom is -0.0234 e. The van der Waals surface area contributed by atoms with Crippen molar-refractivity contribution in [3.05, 3.63) is 48.1 Å². The fraction of sp³-hybridized carbons (Fsp3) is 0.333. The van der Waals surface area contributed by atoms with E-state index in [2.05, 4.69) is 33.1 Å². The molecule has 0 radical (unpaired) electrons. The molecule has 0 aromatic heterocycles. The van der Waals surface area contributed by atoms with Crippen LogP contribution in [0, 0.1) is 0 Å². The Morgan fingerprint density at radius 3 is 2.25 bits per heavy atom. The van der Waals surface area contributed by atoms with Crippen LogP contribution in [-0.2, 0) is 0 Å². The van der Waals surface area contributed by atoms with Crippen LogP contribution in [0.5, 0.6) is 0 Å². The summed E-state index contributed by atoms with van der Waals surface area (Å²) >= 11 is 0. The lowest BCUT2D eigenvalue weighted by atomic mass is 10.0. The van der Waals surface area contributed by atoms with E-state index < -0.39 is 0 Å². The molecule has 0 unspecified atom stereocenters. The van der Waals surface area contributed by atoms with E-state index in [4.69, 9.17) is 0 Å². The van der Waals surface area contributed by atoms with Crippen LogP contribution in [0.3, 0.4) is 0 Å². The van der Waals surface area contributed by atoms with Crippen LogP contribution in [0.4, 0.5) is 0 Å². The summed E-state index contributed by atoms with van der Waals surface area (Å²) in [6.45, 7) is 13.9. The second-order valence-electron chi connectivity index (χ2n) is 2.98. The average Bonchev–Trinajstić information content (AvgIpc) is 2.03. The molecule has 0 saturated heterocycles. The molecule has 0 heteroatoms. The van der Waals surface area contributed by atoms with Gasteiger partial charge in [-0.3, -0.25) is 0 Å². The van der Waals surface area contributed by atoms with E-state index in [1.165, 1.54) is 11.1 Å². The Balaban J connectivity index is 4.66. The molecule has 0 aromatic rings. The molecule has 0 atom stereocenters. The lowest BCUT2D eigenvalue weighted by molar-refractivity contribution is 1.09. The van der Waals surface area contributed by atoms with Crippen LogP contribution < -0.4 is 0 Å². The Labute approximate surface area is 76.0 Å². The van der Waals surface area contributed by atoms with Crippen molar-refractivity contribution in [1.82, 2.24) is 0 Å². The number of hydrogen-bond donors (Lipinski definition) is 0. The molecule has 0 aliphatic heterocycles. The van der Waals surface area contributed by atoms with Crippen molar-refractivity contribution >= 4 is 0 Å². The van der Waals surface area contributed by atoms with E-state index in [9.17, 15) is 0 Å². The van der Waals surface area contributed by atoms with Crippen LogP contribution >= 0.6 is 0 Å². The molecule has 0 rings (SSSR count). The first-order valence-electron chi connectivity index (χ1n) is 4.27. The van der Waals surface area contributed by atoms with Crippen LogP contribution in [0.25, 0.3) is 0 Å². The minimum atomic E-state index is 1.09. The van der Waals surface area contributed by atoms with Gasteiger partial charge in [-0.15, -0.1) is 0 Å². The van der Waals surface area contributed by atoms with Gasteiger partial charge < -0.3 is 0 Å². The zero-order valence-electron chi connectivity index (χ0n) is 8.35. The molecule has 0 aliphatic carbocycles. The predicted octanol–water partition coefficient (Wildman–Crippen LogP) is 4.03.